The molecule has 2 aromatic carbocycles. The Morgan fingerprint density at radius 2 is 1.53 bits per heavy atom. The van der Waals surface area contributed by atoms with Crippen molar-refractivity contribution in [1.82, 2.24) is 10.2 Å². The number of nitrogens with zero attached hydrogens (tertiary/aromatic N) is 2. The van der Waals surface area contributed by atoms with Crippen LogP contribution in [0.5, 0.6) is 28.9 Å². The smallest absolute Gasteiger partial charge is 0.345 e. The van der Waals surface area contributed by atoms with Gasteiger partial charge in [-0.25, -0.2) is 4.79 Å². The lowest BCUT2D eigenvalue weighted by Gasteiger charge is -2.13. The topological polar surface area (TPSA) is 89.0 Å². The third-order valence-electron chi connectivity index (χ3n) is 4.20. The van der Waals surface area contributed by atoms with E-state index in [0.717, 1.165) is 11.3 Å². The highest BCUT2D eigenvalue weighted by molar-refractivity contribution is 5.92. The van der Waals surface area contributed by atoms with Crippen molar-refractivity contribution in [1.29, 1.82) is 0 Å². The van der Waals surface area contributed by atoms with E-state index in [0.29, 0.717) is 29.5 Å². The lowest BCUT2D eigenvalue weighted by Crippen LogP contribution is -2.11. The van der Waals surface area contributed by atoms with Crippen LogP contribution in [0.25, 0.3) is 11.3 Å². The van der Waals surface area contributed by atoms with Gasteiger partial charge in [0.05, 0.1) is 39.2 Å². The van der Waals surface area contributed by atoms with Crippen LogP contribution in [0.2, 0.25) is 0 Å². The van der Waals surface area contributed by atoms with Gasteiger partial charge < -0.3 is 23.7 Å². The minimum Gasteiger partial charge on any atom is -0.494 e. The number of methoxy groups -OCH3 is 3. The molecule has 3 rings (SSSR count). The van der Waals surface area contributed by atoms with Crippen molar-refractivity contribution in [2.24, 2.45) is 0 Å². The zero-order chi connectivity index (χ0) is 21.5. The Labute approximate surface area is 174 Å². The van der Waals surface area contributed by atoms with Crippen LogP contribution in [0.3, 0.4) is 0 Å². The molecule has 0 N–H and O–H groups in total. The molecule has 0 aliphatic carbocycles. The third kappa shape index (κ3) is 4.60. The van der Waals surface area contributed by atoms with Crippen molar-refractivity contribution in [3.8, 4) is 40.1 Å². The van der Waals surface area contributed by atoms with Crippen LogP contribution >= 0.6 is 0 Å². The molecular weight excluding hydrogens is 388 g/mol. The first kappa shape index (κ1) is 20.9. The summed E-state index contributed by atoms with van der Waals surface area (Å²) in [6.07, 6.45) is 0. The van der Waals surface area contributed by atoms with Gasteiger partial charge in [0.15, 0.2) is 11.5 Å². The average molecular weight is 410 g/mol. The van der Waals surface area contributed by atoms with Crippen LogP contribution < -0.4 is 23.7 Å². The second-order valence-corrected chi connectivity index (χ2v) is 6.02. The summed E-state index contributed by atoms with van der Waals surface area (Å²) in [5.41, 5.74) is 1.74. The molecule has 0 fully saturated rings. The molecule has 0 spiro atoms. The van der Waals surface area contributed by atoms with Crippen molar-refractivity contribution in [3.05, 3.63) is 54.1 Å². The molecule has 0 unspecified atom stereocenters. The largest absolute Gasteiger partial charge is 0.494 e. The van der Waals surface area contributed by atoms with Crippen LogP contribution in [0, 0.1) is 0 Å². The van der Waals surface area contributed by atoms with Crippen LogP contribution in [-0.2, 0) is 0 Å². The Hall–Kier alpha value is -3.81. The van der Waals surface area contributed by atoms with Gasteiger partial charge in [0.2, 0.25) is 11.6 Å². The Morgan fingerprint density at radius 1 is 0.867 bits per heavy atom. The van der Waals surface area contributed by atoms with Crippen LogP contribution in [-0.4, -0.2) is 44.1 Å². The molecule has 0 saturated carbocycles. The molecule has 1 heterocycles. The highest BCUT2D eigenvalue weighted by atomic mass is 16.5. The summed E-state index contributed by atoms with van der Waals surface area (Å²) in [7, 11) is 4.43. The first-order chi connectivity index (χ1) is 14.6. The van der Waals surface area contributed by atoms with E-state index in [4.69, 9.17) is 23.7 Å². The predicted molar refractivity (Wildman–Crippen MR) is 110 cm³/mol. The van der Waals surface area contributed by atoms with E-state index in [1.807, 2.05) is 31.2 Å². The lowest BCUT2D eigenvalue weighted by molar-refractivity contribution is 0.0725. The molecule has 0 aliphatic heterocycles. The van der Waals surface area contributed by atoms with Crippen molar-refractivity contribution in [2.45, 2.75) is 6.92 Å². The van der Waals surface area contributed by atoms with Crippen molar-refractivity contribution >= 4 is 5.97 Å². The normalized spacial score (nSPS) is 10.3. The minimum absolute atomic E-state index is 0.0726. The molecule has 30 heavy (non-hydrogen) atoms. The van der Waals surface area contributed by atoms with Gasteiger partial charge in [-0.05, 0) is 49.4 Å². The fraction of sp³-hybridized carbons (Fsp3) is 0.227. The first-order valence-electron chi connectivity index (χ1n) is 9.18. The van der Waals surface area contributed by atoms with Gasteiger partial charge in [0, 0.05) is 11.6 Å². The summed E-state index contributed by atoms with van der Waals surface area (Å²) in [5.74, 6) is 1.31. The number of carbonyl (C=O) groups excluding carboxylic acids is 1. The fourth-order valence-electron chi connectivity index (χ4n) is 2.77. The number of hydrogen-bond acceptors (Lipinski definition) is 8. The minimum atomic E-state index is -0.627. The van der Waals surface area contributed by atoms with Crippen LogP contribution in [0.1, 0.15) is 17.3 Å². The average Bonchev–Trinajstić information content (AvgIpc) is 2.79. The van der Waals surface area contributed by atoms with Gasteiger partial charge in [-0.3, -0.25) is 0 Å². The molecule has 1 aromatic heterocycles. The maximum Gasteiger partial charge on any atom is 0.345 e. The number of ether oxygens (including phenoxy) is 5. The molecular formula is C22H22N2O6. The highest BCUT2D eigenvalue weighted by Crippen LogP contribution is 2.38. The monoisotopic (exact) mass is 410 g/mol. The second kappa shape index (κ2) is 9.60. The number of hydrogen-bond donors (Lipinski definition) is 0. The third-order valence-corrected chi connectivity index (χ3v) is 4.20. The number of benzene rings is 2. The number of aromatic nitrogens is 2. The standard InChI is InChI=1S/C22H22N2O6/c1-5-29-16-8-6-14(7-9-16)17-10-11-20(24-23-17)30-22(25)15-12-18(26-2)21(28-4)19(13-15)27-3/h6-13H,5H2,1-4H3. The molecule has 0 radical (unpaired) electrons. The van der Waals surface area contributed by atoms with Crippen molar-refractivity contribution in [2.75, 3.05) is 27.9 Å². The van der Waals surface area contributed by atoms with Crippen molar-refractivity contribution in [3.63, 3.8) is 0 Å². The van der Waals surface area contributed by atoms with Crippen LogP contribution in [0.15, 0.2) is 48.5 Å². The Morgan fingerprint density at radius 3 is 2.03 bits per heavy atom. The number of rotatable bonds is 8. The Bertz CT molecular complexity index is 978. The van der Waals surface area contributed by atoms with E-state index in [2.05, 4.69) is 10.2 Å². The van der Waals surface area contributed by atoms with Gasteiger partial charge in [0.25, 0.3) is 0 Å². The van der Waals surface area contributed by atoms with E-state index < -0.39 is 5.97 Å². The van der Waals surface area contributed by atoms with E-state index in [1.54, 1.807) is 12.1 Å². The summed E-state index contributed by atoms with van der Waals surface area (Å²) < 4.78 is 26.5. The van der Waals surface area contributed by atoms with Crippen molar-refractivity contribution < 1.29 is 28.5 Å². The maximum absolute atomic E-state index is 12.5. The molecule has 3 aromatic rings. The summed E-state index contributed by atoms with van der Waals surface area (Å²) in [5, 5.41) is 8.12. The Kier molecular flexibility index (Phi) is 6.69. The maximum atomic E-state index is 12.5. The number of carbonyl (C=O) groups is 1. The zero-order valence-corrected chi connectivity index (χ0v) is 17.2. The predicted octanol–water partition coefficient (Wildman–Crippen LogP) is 3.79. The van der Waals surface area contributed by atoms with Gasteiger partial charge in [0.1, 0.15) is 5.75 Å². The van der Waals surface area contributed by atoms with Gasteiger partial charge in [-0.15, -0.1) is 10.2 Å². The summed E-state index contributed by atoms with van der Waals surface area (Å²) in [6.45, 7) is 2.53. The number of esters is 1. The molecule has 0 amide bonds. The molecule has 8 heteroatoms. The molecule has 0 aliphatic rings. The molecule has 0 saturated heterocycles. The molecule has 0 bridgehead atoms. The summed E-state index contributed by atoms with van der Waals surface area (Å²) in [4.78, 5) is 12.5. The van der Waals surface area contributed by atoms with Gasteiger partial charge >= 0.3 is 5.97 Å². The molecule has 0 atom stereocenters. The fourth-order valence-corrected chi connectivity index (χ4v) is 2.77. The zero-order valence-electron chi connectivity index (χ0n) is 17.2. The van der Waals surface area contributed by atoms with Crippen LogP contribution in [0.4, 0.5) is 0 Å². The molecule has 156 valence electrons. The molecule has 8 nitrogen and oxygen atoms in total. The van der Waals surface area contributed by atoms with E-state index in [-0.39, 0.29) is 11.4 Å². The van der Waals surface area contributed by atoms with Gasteiger partial charge in [-0.2, -0.15) is 0 Å². The van der Waals surface area contributed by atoms with E-state index >= 15 is 0 Å². The highest BCUT2D eigenvalue weighted by Gasteiger charge is 2.19. The Balaban J connectivity index is 1.76. The summed E-state index contributed by atoms with van der Waals surface area (Å²) >= 11 is 0. The van der Waals surface area contributed by atoms with E-state index in [1.165, 1.54) is 33.5 Å². The SMILES string of the molecule is CCOc1ccc(-c2ccc(OC(=O)c3cc(OC)c(OC)c(OC)c3)nn2)cc1. The summed E-state index contributed by atoms with van der Waals surface area (Å²) in [6, 6.07) is 13.8. The van der Waals surface area contributed by atoms with E-state index in [9.17, 15) is 4.79 Å². The quantitative estimate of drug-likeness (QED) is 0.518. The van der Waals surface area contributed by atoms with Gasteiger partial charge in [-0.1, -0.05) is 0 Å². The lowest BCUT2D eigenvalue weighted by atomic mass is 10.1. The second-order valence-electron chi connectivity index (χ2n) is 6.02. The first-order valence-corrected chi connectivity index (χ1v) is 9.18.